The van der Waals surface area contributed by atoms with E-state index in [1.807, 2.05) is 0 Å². The molecule has 17 heavy (non-hydrogen) atoms. The van der Waals surface area contributed by atoms with Crippen molar-refractivity contribution in [3.05, 3.63) is 24.1 Å². The molecule has 2 aliphatic rings. The molecule has 0 spiro atoms. The molecule has 96 valence electrons. The van der Waals surface area contributed by atoms with Gasteiger partial charge in [-0.05, 0) is 18.6 Å². The number of morpholine rings is 1. The van der Waals surface area contributed by atoms with Crippen LogP contribution in [0.4, 0.5) is 8.78 Å². The number of halogens is 2. The summed E-state index contributed by atoms with van der Waals surface area (Å²) in [5, 5.41) is -3.05. The Morgan fingerprint density at radius 3 is 2.59 bits per heavy atom. The summed E-state index contributed by atoms with van der Waals surface area (Å²) in [6, 6.07) is 0. The average Bonchev–Trinajstić information content (AvgIpc) is 2.34. The minimum atomic E-state index is -4.38. The maximum Gasteiger partial charge on any atom is 0.293 e. The van der Waals surface area contributed by atoms with E-state index in [9.17, 15) is 17.2 Å². The molecular formula is C10H13F2NO3S. The van der Waals surface area contributed by atoms with E-state index in [0.29, 0.717) is 0 Å². The number of sulfonamides is 1. The molecule has 1 saturated heterocycles. The van der Waals surface area contributed by atoms with Crippen LogP contribution in [0.5, 0.6) is 0 Å². The molecule has 0 saturated carbocycles. The summed E-state index contributed by atoms with van der Waals surface area (Å²) in [5.41, 5.74) is 0. The highest BCUT2D eigenvalue weighted by Crippen LogP contribution is 2.36. The van der Waals surface area contributed by atoms with Gasteiger partial charge in [0.1, 0.15) is 0 Å². The normalized spacial score (nSPS) is 31.3. The first kappa shape index (κ1) is 12.7. The summed E-state index contributed by atoms with van der Waals surface area (Å²) in [6.45, 7) is 0.499. The lowest BCUT2D eigenvalue weighted by atomic mass is 10.1. The Labute approximate surface area is 98.6 Å². The molecule has 0 N–H and O–H groups in total. The molecule has 4 nitrogen and oxygen atoms in total. The lowest BCUT2D eigenvalue weighted by molar-refractivity contribution is 0.0707. The van der Waals surface area contributed by atoms with Gasteiger partial charge in [-0.25, -0.2) is 17.2 Å². The average molecular weight is 265 g/mol. The third-order valence-electron chi connectivity index (χ3n) is 2.78. The van der Waals surface area contributed by atoms with Gasteiger partial charge in [0.05, 0.1) is 13.2 Å². The van der Waals surface area contributed by atoms with Crippen molar-refractivity contribution in [2.24, 2.45) is 0 Å². The molecule has 7 heteroatoms. The van der Waals surface area contributed by atoms with Gasteiger partial charge in [0.2, 0.25) is 0 Å². The summed E-state index contributed by atoms with van der Waals surface area (Å²) in [6.07, 6.45) is 3.22. The summed E-state index contributed by atoms with van der Waals surface area (Å²) >= 11 is 0. The summed E-state index contributed by atoms with van der Waals surface area (Å²) in [5.74, 6) is -1.26. The number of hydrogen-bond donors (Lipinski definition) is 0. The highest BCUT2D eigenvalue weighted by atomic mass is 32.2. The highest BCUT2D eigenvalue weighted by Gasteiger charge is 2.50. The van der Waals surface area contributed by atoms with Crippen molar-refractivity contribution in [2.75, 3.05) is 26.3 Å². The van der Waals surface area contributed by atoms with Crippen LogP contribution in [0.2, 0.25) is 0 Å². The van der Waals surface area contributed by atoms with Crippen molar-refractivity contribution in [1.29, 1.82) is 0 Å². The largest absolute Gasteiger partial charge is 0.379 e. The zero-order chi connectivity index (χ0) is 12.5. The third kappa shape index (κ3) is 2.02. The van der Waals surface area contributed by atoms with Crippen molar-refractivity contribution < 1.29 is 21.9 Å². The molecule has 0 amide bonds. The predicted octanol–water partition coefficient (Wildman–Crippen LogP) is 1.13. The Morgan fingerprint density at radius 1 is 1.35 bits per heavy atom. The van der Waals surface area contributed by atoms with Crippen LogP contribution in [0.15, 0.2) is 24.1 Å². The number of allylic oxidation sites excluding steroid dienone is 2. The second kappa shape index (κ2) is 4.47. The van der Waals surface area contributed by atoms with E-state index in [4.69, 9.17) is 4.74 Å². The maximum atomic E-state index is 14.3. The van der Waals surface area contributed by atoms with Gasteiger partial charge in [0.25, 0.3) is 15.0 Å². The minimum Gasteiger partial charge on any atom is -0.379 e. The van der Waals surface area contributed by atoms with Gasteiger partial charge in [-0.3, -0.25) is 0 Å². The smallest absolute Gasteiger partial charge is 0.293 e. The van der Waals surface area contributed by atoms with Crippen molar-refractivity contribution >= 4 is 10.0 Å². The molecule has 0 aromatic rings. The number of ether oxygens (including phenoxy) is 1. The SMILES string of the molecule is O=S(=O)(N1CCOCC1)C1(F)C=CCC=C1F. The Morgan fingerprint density at radius 2 is 2.00 bits per heavy atom. The molecule has 0 bridgehead atoms. The van der Waals surface area contributed by atoms with E-state index < -0.39 is 20.9 Å². The van der Waals surface area contributed by atoms with Gasteiger partial charge in [0.15, 0.2) is 5.83 Å². The molecule has 1 aliphatic carbocycles. The predicted molar refractivity (Wildman–Crippen MR) is 58.1 cm³/mol. The van der Waals surface area contributed by atoms with Gasteiger partial charge in [-0.2, -0.15) is 4.31 Å². The Bertz CT molecular complexity index is 454. The molecule has 1 unspecified atom stereocenters. The van der Waals surface area contributed by atoms with E-state index in [1.165, 1.54) is 6.08 Å². The second-order valence-electron chi connectivity index (χ2n) is 3.85. The summed E-state index contributed by atoms with van der Waals surface area (Å²) in [4.78, 5) is 0. The first-order valence-electron chi connectivity index (χ1n) is 5.28. The molecule has 1 fully saturated rings. The van der Waals surface area contributed by atoms with Crippen LogP contribution in [0.25, 0.3) is 0 Å². The molecule has 2 rings (SSSR count). The summed E-state index contributed by atoms with van der Waals surface area (Å²) in [7, 11) is -4.38. The van der Waals surface area contributed by atoms with Gasteiger partial charge >= 0.3 is 0 Å². The molecule has 0 aromatic carbocycles. The van der Waals surface area contributed by atoms with Crippen molar-refractivity contribution in [3.8, 4) is 0 Å². The van der Waals surface area contributed by atoms with E-state index >= 15 is 0 Å². The van der Waals surface area contributed by atoms with Crippen LogP contribution in [-0.2, 0) is 14.8 Å². The van der Waals surface area contributed by atoms with Gasteiger partial charge in [-0.1, -0.05) is 6.08 Å². The van der Waals surface area contributed by atoms with Gasteiger partial charge in [0, 0.05) is 13.1 Å². The lowest BCUT2D eigenvalue weighted by Crippen LogP contribution is -2.49. The first-order valence-corrected chi connectivity index (χ1v) is 6.73. The fraction of sp³-hybridized carbons (Fsp3) is 0.600. The van der Waals surface area contributed by atoms with E-state index in [1.54, 1.807) is 0 Å². The van der Waals surface area contributed by atoms with E-state index in [0.717, 1.165) is 16.5 Å². The van der Waals surface area contributed by atoms with Crippen LogP contribution in [0, 0.1) is 0 Å². The second-order valence-corrected chi connectivity index (χ2v) is 5.91. The van der Waals surface area contributed by atoms with Gasteiger partial charge < -0.3 is 4.74 Å². The quantitative estimate of drug-likeness (QED) is 0.703. The van der Waals surface area contributed by atoms with Crippen molar-refractivity contribution in [2.45, 2.75) is 11.4 Å². The summed E-state index contributed by atoms with van der Waals surface area (Å²) < 4.78 is 57.8. The number of hydrogen-bond acceptors (Lipinski definition) is 3. The van der Waals surface area contributed by atoms with E-state index in [-0.39, 0.29) is 32.7 Å². The van der Waals surface area contributed by atoms with Crippen molar-refractivity contribution in [3.63, 3.8) is 0 Å². The van der Waals surface area contributed by atoms with Crippen LogP contribution in [0.3, 0.4) is 0 Å². The minimum absolute atomic E-state index is 0.0507. The molecule has 1 atom stereocenters. The molecule has 0 radical (unpaired) electrons. The third-order valence-corrected chi connectivity index (χ3v) is 4.90. The topological polar surface area (TPSA) is 46.6 Å². The van der Waals surface area contributed by atoms with Crippen LogP contribution < -0.4 is 0 Å². The molecule has 1 aliphatic heterocycles. The maximum absolute atomic E-state index is 14.3. The number of alkyl halides is 1. The molecule has 1 heterocycles. The zero-order valence-electron chi connectivity index (χ0n) is 9.10. The standard InChI is InChI=1S/C10H13F2NO3S/c11-9-3-1-2-4-10(9,12)17(14,15)13-5-7-16-8-6-13/h2-4H,1,5-8H2. The number of rotatable bonds is 2. The number of nitrogens with zero attached hydrogens (tertiary/aromatic N) is 1. The van der Waals surface area contributed by atoms with Crippen LogP contribution >= 0.6 is 0 Å². The monoisotopic (exact) mass is 265 g/mol. The molecular weight excluding hydrogens is 252 g/mol. The zero-order valence-corrected chi connectivity index (χ0v) is 9.92. The Kier molecular flexibility index (Phi) is 3.33. The molecule has 0 aromatic heterocycles. The Hall–Kier alpha value is -0.790. The highest BCUT2D eigenvalue weighted by molar-refractivity contribution is 7.90. The van der Waals surface area contributed by atoms with Crippen molar-refractivity contribution in [1.82, 2.24) is 4.31 Å². The van der Waals surface area contributed by atoms with Crippen LogP contribution in [-0.4, -0.2) is 44.0 Å². The van der Waals surface area contributed by atoms with Crippen LogP contribution in [0.1, 0.15) is 6.42 Å². The first-order chi connectivity index (χ1) is 7.98. The fourth-order valence-corrected chi connectivity index (χ4v) is 3.40. The fourth-order valence-electron chi connectivity index (χ4n) is 1.79. The lowest BCUT2D eigenvalue weighted by Gasteiger charge is -2.32. The van der Waals surface area contributed by atoms with E-state index in [2.05, 4.69) is 0 Å². The Balaban J connectivity index is 2.33. The van der Waals surface area contributed by atoms with Gasteiger partial charge in [-0.15, -0.1) is 0 Å².